The first kappa shape index (κ1) is 49.5. The predicted octanol–water partition coefficient (Wildman–Crippen LogP) is 20.5. The predicted molar refractivity (Wildman–Crippen MR) is 372 cm³/mol. The Hall–Kier alpha value is -10.9. The molecule has 0 amide bonds. The van der Waals surface area contributed by atoms with Gasteiger partial charge in [-0.2, -0.15) is 0 Å². The van der Waals surface area contributed by atoms with Gasteiger partial charge in [0.25, 0.3) is 6.71 Å². The molecular formula is C82H57BN4. The maximum absolute atomic E-state index is 2.62. The van der Waals surface area contributed by atoms with Gasteiger partial charge in [0, 0.05) is 72.4 Å². The van der Waals surface area contributed by atoms with Crippen LogP contribution in [0.5, 0.6) is 0 Å². The fourth-order valence-electron chi connectivity index (χ4n) is 15.0. The summed E-state index contributed by atoms with van der Waals surface area (Å²) in [6.45, 7) is 6.96. The van der Waals surface area contributed by atoms with Crippen LogP contribution in [0.1, 0.15) is 26.3 Å². The van der Waals surface area contributed by atoms with Crippen LogP contribution >= 0.6 is 0 Å². The van der Waals surface area contributed by atoms with Gasteiger partial charge in [0.2, 0.25) is 0 Å². The molecule has 0 saturated carbocycles. The highest BCUT2D eigenvalue weighted by Gasteiger charge is 2.45. The lowest BCUT2D eigenvalue weighted by Gasteiger charge is -2.45. The molecule has 0 saturated heterocycles. The molecule has 2 aliphatic heterocycles. The second kappa shape index (κ2) is 18.8. The van der Waals surface area contributed by atoms with Crippen molar-refractivity contribution in [1.29, 1.82) is 0 Å². The molecular weight excluding hydrogens is 1050 g/mol. The maximum Gasteiger partial charge on any atom is 0.252 e. The van der Waals surface area contributed by atoms with E-state index in [9.17, 15) is 0 Å². The van der Waals surface area contributed by atoms with Crippen LogP contribution in [0.4, 0.5) is 51.2 Å². The van der Waals surface area contributed by atoms with E-state index in [1.54, 1.807) is 0 Å². The molecule has 0 atom stereocenters. The molecule has 3 heterocycles. The van der Waals surface area contributed by atoms with Gasteiger partial charge in [-0.25, -0.2) is 0 Å². The number of hydrogen-bond donors (Lipinski definition) is 0. The third-order valence-electron chi connectivity index (χ3n) is 19.0. The maximum atomic E-state index is 2.62. The van der Waals surface area contributed by atoms with E-state index in [1.807, 2.05) is 0 Å². The zero-order chi connectivity index (χ0) is 57.6. The van der Waals surface area contributed by atoms with E-state index >= 15 is 0 Å². The largest absolute Gasteiger partial charge is 0.311 e. The van der Waals surface area contributed by atoms with Crippen molar-refractivity contribution in [2.24, 2.45) is 0 Å². The normalized spacial score (nSPS) is 12.9. The summed E-state index contributed by atoms with van der Waals surface area (Å²) < 4.78 is 2.47. The first-order valence-electron chi connectivity index (χ1n) is 30.4. The van der Waals surface area contributed by atoms with E-state index in [-0.39, 0.29) is 12.1 Å². The molecule has 0 radical (unpaired) electrons. The Balaban J connectivity index is 0.942. The van der Waals surface area contributed by atoms with Crippen molar-refractivity contribution in [2.75, 3.05) is 14.7 Å². The Kier molecular flexibility index (Phi) is 10.7. The SMILES string of the molecule is CC(C)(C)c1cc2c3c(c1)N(c1cccc4ccccc14)c1cc(-n4c5ccccc5c5ccccc54)ccc1B3c1ccc(N(c3ccccc3)c3cc4cccc5ccc6c7ccccc7cc3c6c54)cc1N2c1ccc(-c2ccccc2)cc1. The molecule has 15 aromatic carbocycles. The van der Waals surface area contributed by atoms with Crippen LogP contribution in [0.15, 0.2) is 291 Å². The number of para-hydroxylation sites is 3. The van der Waals surface area contributed by atoms with Gasteiger partial charge in [-0.15, -0.1) is 0 Å². The van der Waals surface area contributed by atoms with Crippen molar-refractivity contribution in [3.8, 4) is 16.8 Å². The third kappa shape index (κ3) is 7.46. The number of nitrogens with zero attached hydrogens (tertiary/aromatic N) is 4. The Morgan fingerprint density at radius 2 is 0.897 bits per heavy atom. The summed E-state index contributed by atoms with van der Waals surface area (Å²) in [5, 5.41) is 15.0. The molecule has 16 aromatic rings. The number of fused-ring (bicyclic) bond motifs is 10. The highest BCUT2D eigenvalue weighted by atomic mass is 15.2. The van der Waals surface area contributed by atoms with E-state index in [0.717, 1.165) is 39.8 Å². The van der Waals surface area contributed by atoms with E-state index in [1.165, 1.54) is 126 Å². The summed E-state index contributed by atoms with van der Waals surface area (Å²) in [7, 11) is 0. The molecule has 0 N–H and O–H groups in total. The zero-order valence-corrected chi connectivity index (χ0v) is 48.6. The summed E-state index contributed by atoms with van der Waals surface area (Å²) in [5.74, 6) is 0. The molecule has 0 unspecified atom stereocenters. The Bertz CT molecular complexity index is 5410. The average Bonchev–Trinajstić information content (AvgIpc) is 1.17. The minimum atomic E-state index is -0.219. The number of aromatic nitrogens is 1. The van der Waals surface area contributed by atoms with Crippen molar-refractivity contribution >= 4 is 150 Å². The Labute approximate surface area is 506 Å². The molecule has 0 bridgehead atoms. The molecule has 87 heavy (non-hydrogen) atoms. The summed E-state index contributed by atoms with van der Waals surface area (Å²) in [6, 6.07) is 109. The van der Waals surface area contributed by atoms with Crippen molar-refractivity contribution in [3.63, 3.8) is 0 Å². The van der Waals surface area contributed by atoms with Crippen LogP contribution < -0.4 is 31.1 Å². The lowest BCUT2D eigenvalue weighted by atomic mass is 9.33. The molecule has 5 heteroatoms. The number of benzene rings is 15. The highest BCUT2D eigenvalue weighted by Crippen LogP contribution is 2.52. The van der Waals surface area contributed by atoms with Crippen LogP contribution in [-0.4, -0.2) is 11.3 Å². The van der Waals surface area contributed by atoms with Crippen LogP contribution in [0.2, 0.25) is 0 Å². The van der Waals surface area contributed by atoms with Crippen LogP contribution in [0.3, 0.4) is 0 Å². The minimum absolute atomic E-state index is 0.134. The van der Waals surface area contributed by atoms with Gasteiger partial charge in [-0.1, -0.05) is 221 Å². The third-order valence-corrected chi connectivity index (χ3v) is 19.0. The summed E-state index contributed by atoms with van der Waals surface area (Å²) >= 11 is 0. The molecule has 2 aliphatic rings. The molecule has 0 spiro atoms. The first-order chi connectivity index (χ1) is 42.8. The second-order valence-electron chi connectivity index (χ2n) is 24.8. The number of anilines is 9. The van der Waals surface area contributed by atoms with Crippen LogP contribution in [-0.2, 0) is 5.41 Å². The van der Waals surface area contributed by atoms with Gasteiger partial charge in [-0.05, 0) is 167 Å². The minimum Gasteiger partial charge on any atom is -0.311 e. The van der Waals surface area contributed by atoms with Crippen LogP contribution in [0, 0.1) is 0 Å². The molecule has 1 aromatic heterocycles. The van der Waals surface area contributed by atoms with E-state index in [4.69, 9.17) is 0 Å². The van der Waals surface area contributed by atoms with E-state index in [0.29, 0.717) is 0 Å². The zero-order valence-electron chi connectivity index (χ0n) is 48.6. The molecule has 18 rings (SSSR count). The van der Waals surface area contributed by atoms with E-state index in [2.05, 4.69) is 331 Å². The summed E-state index contributed by atoms with van der Waals surface area (Å²) in [6.07, 6.45) is 0. The average molecular weight is 1110 g/mol. The topological polar surface area (TPSA) is 14.7 Å². The smallest absolute Gasteiger partial charge is 0.252 e. The lowest BCUT2D eigenvalue weighted by Crippen LogP contribution is -2.61. The Morgan fingerprint density at radius 3 is 1.64 bits per heavy atom. The van der Waals surface area contributed by atoms with Gasteiger partial charge in [0.05, 0.1) is 22.4 Å². The van der Waals surface area contributed by atoms with E-state index < -0.39 is 0 Å². The molecule has 4 nitrogen and oxygen atoms in total. The van der Waals surface area contributed by atoms with Crippen molar-refractivity contribution in [3.05, 3.63) is 297 Å². The quantitative estimate of drug-likeness (QED) is 0.0898. The molecule has 0 aliphatic carbocycles. The molecule has 408 valence electrons. The van der Waals surface area contributed by atoms with Gasteiger partial charge in [0.15, 0.2) is 0 Å². The van der Waals surface area contributed by atoms with Crippen LogP contribution in [0.25, 0.3) is 92.5 Å². The number of rotatable bonds is 7. The fourth-order valence-corrected chi connectivity index (χ4v) is 15.0. The highest BCUT2D eigenvalue weighted by molar-refractivity contribution is 7.00. The van der Waals surface area contributed by atoms with Gasteiger partial charge >= 0.3 is 0 Å². The molecule has 0 fully saturated rings. The first-order valence-corrected chi connectivity index (χ1v) is 30.4. The van der Waals surface area contributed by atoms with Crippen molar-refractivity contribution in [1.82, 2.24) is 4.57 Å². The van der Waals surface area contributed by atoms with Gasteiger partial charge < -0.3 is 19.3 Å². The second-order valence-corrected chi connectivity index (χ2v) is 24.8. The fraction of sp³-hybridized carbons (Fsp3) is 0.0488. The lowest BCUT2D eigenvalue weighted by molar-refractivity contribution is 0.590. The summed E-state index contributed by atoms with van der Waals surface area (Å²) in [5.41, 5.74) is 21.0. The number of hydrogen-bond acceptors (Lipinski definition) is 3. The monoisotopic (exact) mass is 1110 g/mol. The standard InChI is InChI=1S/C82H57BN4/c1-82(2,3)58-48-77-81-78(49-58)87(71-35-19-24-54-22-10-13-30-64(54)71)76-51-62(86-72-33-16-14-31-65(72)66-32-15-17-34-73(66)86)42-45-70(76)83(81)69-44-41-61(50-75(69)85(77)60-39-36-53(37-40-60)52-20-6-4-7-21-52)84(59-27-8-5-9-28-59)74-47-57-26-18-25-55-38-43-67-63-29-12-11-23-56(63)46-68(74)80(67)79(55)57/h4-51H,1-3H3. The van der Waals surface area contributed by atoms with Gasteiger partial charge in [0.1, 0.15) is 0 Å². The van der Waals surface area contributed by atoms with Crippen molar-refractivity contribution in [2.45, 2.75) is 26.2 Å². The van der Waals surface area contributed by atoms with Crippen molar-refractivity contribution < 1.29 is 0 Å². The summed E-state index contributed by atoms with van der Waals surface area (Å²) in [4.78, 5) is 7.74. The Morgan fingerprint density at radius 1 is 0.322 bits per heavy atom. The van der Waals surface area contributed by atoms with Gasteiger partial charge in [-0.3, -0.25) is 0 Å².